The number of hydrazine groups is 1. The molecule has 1 aliphatic rings. The van der Waals surface area contributed by atoms with Gasteiger partial charge in [-0.2, -0.15) is 0 Å². The quantitative estimate of drug-likeness (QED) is 0.504. The van der Waals surface area contributed by atoms with Gasteiger partial charge in [-0.05, 0) is 25.0 Å². The van der Waals surface area contributed by atoms with Crippen LogP contribution < -0.4 is 16.6 Å². The number of anilines is 2. The zero-order chi connectivity index (χ0) is 9.80. The van der Waals surface area contributed by atoms with Crippen molar-refractivity contribution in [2.45, 2.75) is 31.7 Å². The second kappa shape index (κ2) is 4.28. The highest BCUT2D eigenvalue weighted by atomic mass is 15.3. The summed E-state index contributed by atoms with van der Waals surface area (Å²) < 4.78 is 0. The van der Waals surface area contributed by atoms with Crippen molar-refractivity contribution in [1.82, 2.24) is 4.98 Å². The molecule has 2 rings (SSSR count). The summed E-state index contributed by atoms with van der Waals surface area (Å²) >= 11 is 0. The molecular weight excluding hydrogens is 176 g/mol. The third-order valence-electron chi connectivity index (χ3n) is 2.60. The lowest BCUT2D eigenvalue weighted by molar-refractivity contribution is 0.751. The first-order valence-electron chi connectivity index (χ1n) is 5.09. The molecule has 76 valence electrons. The molecular formula is C10H16N4. The molecule has 14 heavy (non-hydrogen) atoms. The monoisotopic (exact) mass is 192 g/mol. The van der Waals surface area contributed by atoms with Crippen molar-refractivity contribution in [3.05, 3.63) is 18.2 Å². The number of nitrogens with one attached hydrogen (secondary N) is 2. The van der Waals surface area contributed by atoms with Crippen LogP contribution in [0.3, 0.4) is 0 Å². The van der Waals surface area contributed by atoms with Gasteiger partial charge in [0.25, 0.3) is 0 Å². The van der Waals surface area contributed by atoms with Gasteiger partial charge in [0, 0.05) is 6.04 Å². The van der Waals surface area contributed by atoms with Crippen LogP contribution in [0.5, 0.6) is 0 Å². The number of rotatable bonds is 3. The van der Waals surface area contributed by atoms with Crippen LogP contribution in [-0.4, -0.2) is 11.0 Å². The van der Waals surface area contributed by atoms with E-state index in [0.717, 1.165) is 5.82 Å². The second-order valence-electron chi connectivity index (χ2n) is 3.68. The molecule has 1 aliphatic carbocycles. The summed E-state index contributed by atoms with van der Waals surface area (Å²) in [5, 5.41) is 3.41. The third kappa shape index (κ3) is 2.14. The average molecular weight is 192 g/mol. The predicted octanol–water partition coefficient (Wildman–Crippen LogP) is 1.72. The Bertz CT molecular complexity index is 294. The molecule has 0 atom stereocenters. The molecule has 0 unspecified atom stereocenters. The Morgan fingerprint density at radius 1 is 1.21 bits per heavy atom. The first-order valence-corrected chi connectivity index (χ1v) is 5.09. The highest BCUT2D eigenvalue weighted by Crippen LogP contribution is 2.21. The van der Waals surface area contributed by atoms with E-state index >= 15 is 0 Å². The lowest BCUT2D eigenvalue weighted by atomic mass is 10.2. The lowest BCUT2D eigenvalue weighted by Gasteiger charge is -2.12. The zero-order valence-electron chi connectivity index (χ0n) is 8.16. The largest absolute Gasteiger partial charge is 0.367 e. The first kappa shape index (κ1) is 9.27. The molecule has 4 heteroatoms. The van der Waals surface area contributed by atoms with Gasteiger partial charge in [-0.15, -0.1) is 0 Å². The van der Waals surface area contributed by atoms with Crippen LogP contribution in [0.15, 0.2) is 18.2 Å². The highest BCUT2D eigenvalue weighted by molar-refractivity contribution is 5.44. The molecule has 1 heterocycles. The van der Waals surface area contributed by atoms with E-state index in [1.54, 1.807) is 0 Å². The summed E-state index contributed by atoms with van der Waals surface area (Å²) in [6.45, 7) is 0. The molecule has 0 amide bonds. The SMILES string of the molecule is NNc1cccc(NC2CCCC2)n1. The van der Waals surface area contributed by atoms with Gasteiger partial charge >= 0.3 is 0 Å². The molecule has 4 N–H and O–H groups in total. The molecule has 1 aromatic heterocycles. The molecule has 1 fully saturated rings. The van der Waals surface area contributed by atoms with Crippen LogP contribution in [0.2, 0.25) is 0 Å². The van der Waals surface area contributed by atoms with Gasteiger partial charge in [0.1, 0.15) is 11.6 Å². The molecule has 0 spiro atoms. The fourth-order valence-electron chi connectivity index (χ4n) is 1.87. The summed E-state index contributed by atoms with van der Waals surface area (Å²) in [7, 11) is 0. The van der Waals surface area contributed by atoms with Gasteiger partial charge in [0.15, 0.2) is 0 Å². The number of aromatic nitrogens is 1. The average Bonchev–Trinajstić information content (AvgIpc) is 2.71. The molecule has 0 bridgehead atoms. The van der Waals surface area contributed by atoms with E-state index in [4.69, 9.17) is 5.84 Å². The van der Waals surface area contributed by atoms with Crippen molar-refractivity contribution >= 4 is 11.6 Å². The van der Waals surface area contributed by atoms with Gasteiger partial charge in [0.05, 0.1) is 0 Å². The van der Waals surface area contributed by atoms with Crippen molar-refractivity contribution in [2.24, 2.45) is 5.84 Å². The van der Waals surface area contributed by atoms with Crippen LogP contribution in [-0.2, 0) is 0 Å². The Balaban J connectivity index is 2.00. The minimum absolute atomic E-state index is 0.593. The predicted molar refractivity (Wildman–Crippen MR) is 57.9 cm³/mol. The Morgan fingerprint density at radius 2 is 1.93 bits per heavy atom. The molecule has 1 aromatic rings. The molecule has 0 aliphatic heterocycles. The Kier molecular flexibility index (Phi) is 2.84. The minimum atomic E-state index is 0.593. The maximum Gasteiger partial charge on any atom is 0.142 e. The van der Waals surface area contributed by atoms with Crippen LogP contribution in [0, 0.1) is 0 Å². The molecule has 1 saturated carbocycles. The zero-order valence-corrected chi connectivity index (χ0v) is 8.16. The van der Waals surface area contributed by atoms with Gasteiger partial charge in [-0.3, -0.25) is 0 Å². The van der Waals surface area contributed by atoms with Crippen LogP contribution in [0.1, 0.15) is 25.7 Å². The summed E-state index contributed by atoms with van der Waals surface area (Å²) in [4.78, 5) is 4.31. The fourth-order valence-corrected chi connectivity index (χ4v) is 1.87. The Hall–Kier alpha value is -1.29. The summed E-state index contributed by atoms with van der Waals surface area (Å²) in [5.41, 5.74) is 2.54. The van der Waals surface area contributed by atoms with Gasteiger partial charge in [0.2, 0.25) is 0 Å². The summed E-state index contributed by atoms with van der Waals surface area (Å²) in [5.74, 6) is 6.90. The van der Waals surface area contributed by atoms with Crippen molar-refractivity contribution in [3.8, 4) is 0 Å². The summed E-state index contributed by atoms with van der Waals surface area (Å²) in [6, 6.07) is 6.36. The standard InChI is InChI=1S/C10H16N4/c11-14-10-7-3-6-9(13-10)12-8-4-1-2-5-8/h3,6-8H,1-2,4-5,11H2,(H2,12,13,14). The van der Waals surface area contributed by atoms with Gasteiger partial charge < -0.3 is 10.7 Å². The number of hydrogen-bond acceptors (Lipinski definition) is 4. The maximum absolute atomic E-state index is 5.29. The van der Waals surface area contributed by atoms with Crippen molar-refractivity contribution in [3.63, 3.8) is 0 Å². The highest BCUT2D eigenvalue weighted by Gasteiger charge is 2.14. The van der Waals surface area contributed by atoms with Gasteiger partial charge in [-0.25, -0.2) is 10.8 Å². The van der Waals surface area contributed by atoms with E-state index in [2.05, 4.69) is 15.7 Å². The van der Waals surface area contributed by atoms with Crippen molar-refractivity contribution < 1.29 is 0 Å². The fraction of sp³-hybridized carbons (Fsp3) is 0.500. The van der Waals surface area contributed by atoms with Gasteiger partial charge in [-0.1, -0.05) is 18.9 Å². The van der Waals surface area contributed by atoms with Crippen molar-refractivity contribution in [2.75, 3.05) is 10.7 Å². The topological polar surface area (TPSA) is 63.0 Å². The lowest BCUT2D eigenvalue weighted by Crippen LogP contribution is -2.16. The van der Waals surface area contributed by atoms with E-state index in [9.17, 15) is 0 Å². The molecule has 0 radical (unpaired) electrons. The molecule has 4 nitrogen and oxygen atoms in total. The number of pyridine rings is 1. The van der Waals surface area contributed by atoms with E-state index in [0.29, 0.717) is 11.9 Å². The van der Waals surface area contributed by atoms with E-state index in [1.165, 1.54) is 25.7 Å². The van der Waals surface area contributed by atoms with Crippen molar-refractivity contribution in [1.29, 1.82) is 0 Å². The van der Waals surface area contributed by atoms with Crippen LogP contribution in [0.25, 0.3) is 0 Å². The normalized spacial score (nSPS) is 16.9. The number of nitrogens with two attached hydrogens (primary N) is 1. The maximum atomic E-state index is 5.29. The Morgan fingerprint density at radius 3 is 2.64 bits per heavy atom. The number of nitrogens with zero attached hydrogens (tertiary/aromatic N) is 1. The van der Waals surface area contributed by atoms with Crippen LogP contribution >= 0.6 is 0 Å². The van der Waals surface area contributed by atoms with E-state index in [-0.39, 0.29) is 0 Å². The van der Waals surface area contributed by atoms with E-state index in [1.807, 2.05) is 18.2 Å². The molecule has 0 saturated heterocycles. The Labute approximate surface area is 83.9 Å². The number of hydrogen-bond donors (Lipinski definition) is 3. The first-order chi connectivity index (χ1) is 6.88. The minimum Gasteiger partial charge on any atom is -0.367 e. The smallest absolute Gasteiger partial charge is 0.142 e. The second-order valence-corrected chi connectivity index (χ2v) is 3.68. The molecule has 0 aromatic carbocycles. The van der Waals surface area contributed by atoms with E-state index < -0.39 is 0 Å². The summed E-state index contributed by atoms with van der Waals surface area (Å²) in [6.07, 6.45) is 5.16. The van der Waals surface area contributed by atoms with Crippen LogP contribution in [0.4, 0.5) is 11.6 Å². The third-order valence-corrected chi connectivity index (χ3v) is 2.60. The number of nitrogen functional groups attached to an aromatic ring is 1.